The van der Waals surface area contributed by atoms with Crippen LogP contribution in [0, 0.1) is 0 Å². The number of rotatable bonds is 4. The fourth-order valence-electron chi connectivity index (χ4n) is 4.01. The Balaban J connectivity index is 1.44. The molecule has 3 heterocycles. The summed E-state index contributed by atoms with van der Waals surface area (Å²) in [4.78, 5) is 26.5. The molecule has 0 saturated carbocycles. The lowest BCUT2D eigenvalue weighted by Gasteiger charge is -2.33. The molecule has 4 rings (SSSR count). The number of sulfone groups is 1. The third-order valence-electron chi connectivity index (χ3n) is 5.66. The summed E-state index contributed by atoms with van der Waals surface area (Å²) < 4.78 is 29.8. The highest BCUT2D eigenvalue weighted by molar-refractivity contribution is 7.90. The van der Waals surface area contributed by atoms with Gasteiger partial charge in [0, 0.05) is 64.6 Å². The van der Waals surface area contributed by atoms with Crippen molar-refractivity contribution in [1.82, 2.24) is 19.8 Å². The molecule has 0 atom stereocenters. The van der Waals surface area contributed by atoms with E-state index in [2.05, 4.69) is 9.97 Å². The Morgan fingerprint density at radius 1 is 1.13 bits per heavy atom. The lowest BCUT2D eigenvalue weighted by atomic mass is 10.1. The quantitative estimate of drug-likeness (QED) is 0.711. The SMILES string of the molecule is CN(C)C(=O)N1CCC(Oc2cc(N3CCc4cc(S(C)(=O)=O)ccc43)ncn2)CC1. The van der Waals surface area contributed by atoms with Gasteiger partial charge in [0.15, 0.2) is 9.84 Å². The van der Waals surface area contributed by atoms with Crippen molar-refractivity contribution in [3.05, 3.63) is 36.2 Å². The first-order valence-electron chi connectivity index (χ1n) is 10.3. The molecular weight excluding hydrogens is 418 g/mol. The highest BCUT2D eigenvalue weighted by Crippen LogP contribution is 2.35. The molecule has 1 aromatic carbocycles. The Morgan fingerprint density at radius 3 is 2.55 bits per heavy atom. The zero-order valence-electron chi connectivity index (χ0n) is 18.0. The van der Waals surface area contributed by atoms with Gasteiger partial charge in [0.1, 0.15) is 18.2 Å². The molecule has 0 bridgehead atoms. The van der Waals surface area contributed by atoms with E-state index in [1.807, 2.05) is 21.9 Å². The summed E-state index contributed by atoms with van der Waals surface area (Å²) in [5.41, 5.74) is 1.94. The van der Waals surface area contributed by atoms with Crippen molar-refractivity contribution in [1.29, 1.82) is 0 Å². The van der Waals surface area contributed by atoms with Crippen molar-refractivity contribution in [2.45, 2.75) is 30.3 Å². The number of benzene rings is 1. The van der Waals surface area contributed by atoms with E-state index in [9.17, 15) is 13.2 Å². The highest BCUT2D eigenvalue weighted by Gasteiger charge is 2.26. The molecule has 2 aliphatic rings. The Hall–Kier alpha value is -2.88. The molecule has 2 amide bonds. The van der Waals surface area contributed by atoms with Crippen molar-refractivity contribution in [2.24, 2.45) is 0 Å². The van der Waals surface area contributed by atoms with Crippen molar-refractivity contribution >= 4 is 27.4 Å². The van der Waals surface area contributed by atoms with Crippen LogP contribution in [0.4, 0.5) is 16.3 Å². The van der Waals surface area contributed by atoms with Crippen LogP contribution in [0.2, 0.25) is 0 Å². The second kappa shape index (κ2) is 8.33. The van der Waals surface area contributed by atoms with Gasteiger partial charge in [-0.25, -0.2) is 23.2 Å². The molecule has 0 unspecified atom stereocenters. The van der Waals surface area contributed by atoms with Crippen molar-refractivity contribution in [2.75, 3.05) is 44.9 Å². The van der Waals surface area contributed by atoms with Crippen LogP contribution in [-0.2, 0) is 16.3 Å². The predicted molar refractivity (Wildman–Crippen MR) is 117 cm³/mol. The highest BCUT2D eigenvalue weighted by atomic mass is 32.2. The largest absolute Gasteiger partial charge is 0.474 e. The van der Waals surface area contributed by atoms with E-state index in [-0.39, 0.29) is 12.1 Å². The lowest BCUT2D eigenvalue weighted by molar-refractivity contribution is 0.0982. The van der Waals surface area contributed by atoms with Crippen molar-refractivity contribution in [3.63, 3.8) is 0 Å². The van der Waals surface area contributed by atoms with E-state index in [1.165, 1.54) is 12.6 Å². The Labute approximate surface area is 182 Å². The summed E-state index contributed by atoms with van der Waals surface area (Å²) in [7, 11) is 0.276. The van der Waals surface area contributed by atoms with Crippen LogP contribution in [0.1, 0.15) is 18.4 Å². The number of ether oxygens (including phenoxy) is 1. The zero-order chi connectivity index (χ0) is 22.2. The Morgan fingerprint density at radius 2 is 1.87 bits per heavy atom. The maximum absolute atomic E-state index is 12.1. The van der Waals surface area contributed by atoms with E-state index >= 15 is 0 Å². The number of aromatic nitrogens is 2. The van der Waals surface area contributed by atoms with Gasteiger partial charge in [-0.2, -0.15) is 0 Å². The number of nitrogens with zero attached hydrogens (tertiary/aromatic N) is 5. The number of hydrogen-bond donors (Lipinski definition) is 0. The topological polar surface area (TPSA) is 95.9 Å². The average molecular weight is 446 g/mol. The van der Waals surface area contributed by atoms with Crippen LogP contribution in [0.5, 0.6) is 5.88 Å². The molecule has 0 spiro atoms. The van der Waals surface area contributed by atoms with Crippen molar-refractivity contribution < 1.29 is 17.9 Å². The fraction of sp³-hybridized carbons (Fsp3) is 0.476. The molecule has 9 nitrogen and oxygen atoms in total. The minimum absolute atomic E-state index is 0.00264. The molecule has 2 aliphatic heterocycles. The third kappa shape index (κ3) is 4.58. The normalized spacial score (nSPS) is 16.9. The first-order valence-corrected chi connectivity index (χ1v) is 12.2. The van der Waals surface area contributed by atoms with Crippen LogP contribution < -0.4 is 9.64 Å². The van der Waals surface area contributed by atoms with Gasteiger partial charge in [-0.05, 0) is 30.2 Å². The fourth-order valence-corrected chi connectivity index (χ4v) is 4.68. The predicted octanol–water partition coefficient (Wildman–Crippen LogP) is 2.10. The number of carbonyl (C=O) groups excluding carboxylic acids is 1. The molecule has 10 heteroatoms. The molecule has 0 radical (unpaired) electrons. The molecule has 0 N–H and O–H groups in total. The van der Waals surface area contributed by atoms with E-state index < -0.39 is 9.84 Å². The van der Waals surface area contributed by atoms with Crippen molar-refractivity contribution in [3.8, 4) is 5.88 Å². The average Bonchev–Trinajstić information content (AvgIpc) is 3.17. The number of fused-ring (bicyclic) bond motifs is 1. The van der Waals surface area contributed by atoms with Crippen LogP contribution >= 0.6 is 0 Å². The molecule has 166 valence electrons. The van der Waals surface area contributed by atoms with Gasteiger partial charge >= 0.3 is 6.03 Å². The van der Waals surface area contributed by atoms with Gasteiger partial charge in [-0.1, -0.05) is 0 Å². The minimum atomic E-state index is -3.24. The molecule has 1 fully saturated rings. The molecule has 2 aromatic rings. The Kier molecular flexibility index (Phi) is 5.74. The summed E-state index contributed by atoms with van der Waals surface area (Å²) in [5.74, 6) is 1.22. The van der Waals surface area contributed by atoms with Gasteiger partial charge in [-0.3, -0.25) is 0 Å². The maximum Gasteiger partial charge on any atom is 0.319 e. The molecular formula is C21H27N5O4S. The van der Waals surface area contributed by atoms with E-state index in [4.69, 9.17) is 4.74 Å². The second-order valence-electron chi connectivity index (χ2n) is 8.16. The smallest absolute Gasteiger partial charge is 0.319 e. The second-order valence-corrected chi connectivity index (χ2v) is 10.2. The number of urea groups is 1. The van der Waals surface area contributed by atoms with Gasteiger partial charge in [-0.15, -0.1) is 0 Å². The summed E-state index contributed by atoms with van der Waals surface area (Å²) in [6, 6.07) is 7.05. The molecule has 1 saturated heterocycles. The van der Waals surface area contributed by atoms with Gasteiger partial charge in [0.05, 0.1) is 4.90 Å². The van der Waals surface area contributed by atoms with E-state index in [0.717, 1.165) is 36.3 Å². The van der Waals surface area contributed by atoms with Crippen LogP contribution in [0.3, 0.4) is 0 Å². The molecule has 0 aliphatic carbocycles. The van der Waals surface area contributed by atoms with Gasteiger partial charge < -0.3 is 19.4 Å². The zero-order valence-corrected chi connectivity index (χ0v) is 18.8. The standard InChI is InChI=1S/C21H27N5O4S/c1-24(2)21(27)25-9-7-16(8-10-25)30-20-13-19(22-14-23-20)26-11-6-15-12-17(31(3,28)29)4-5-18(15)26/h4-5,12-14,16H,6-11H2,1-3H3. The monoisotopic (exact) mass is 445 g/mol. The van der Waals surface area contributed by atoms with Gasteiger partial charge in [0.25, 0.3) is 0 Å². The maximum atomic E-state index is 12.1. The molecule has 31 heavy (non-hydrogen) atoms. The number of piperidine rings is 1. The van der Waals surface area contributed by atoms with Crippen LogP contribution in [0.25, 0.3) is 0 Å². The number of amides is 2. The van der Waals surface area contributed by atoms with Gasteiger partial charge in [0.2, 0.25) is 5.88 Å². The number of carbonyl (C=O) groups is 1. The van der Waals surface area contributed by atoms with E-state index in [0.29, 0.717) is 30.4 Å². The molecule has 1 aromatic heterocycles. The first kappa shape index (κ1) is 21.4. The first-order chi connectivity index (χ1) is 14.7. The third-order valence-corrected chi connectivity index (χ3v) is 6.77. The summed E-state index contributed by atoms with van der Waals surface area (Å²) in [6.07, 6.45) is 4.95. The number of anilines is 2. The van der Waals surface area contributed by atoms with E-state index in [1.54, 1.807) is 31.1 Å². The van der Waals surface area contributed by atoms with Crippen LogP contribution in [-0.4, -0.2) is 80.3 Å². The Bertz CT molecular complexity index is 1080. The number of likely N-dealkylation sites (tertiary alicyclic amines) is 1. The summed E-state index contributed by atoms with van der Waals surface area (Å²) in [5, 5.41) is 0. The summed E-state index contributed by atoms with van der Waals surface area (Å²) in [6.45, 7) is 2.02. The lowest BCUT2D eigenvalue weighted by Crippen LogP contribution is -2.46. The minimum Gasteiger partial charge on any atom is -0.474 e. The summed E-state index contributed by atoms with van der Waals surface area (Å²) >= 11 is 0. The number of hydrogen-bond acceptors (Lipinski definition) is 7. The van der Waals surface area contributed by atoms with Crippen LogP contribution in [0.15, 0.2) is 35.5 Å².